The average Bonchev–Trinajstić information content (AvgIpc) is 3.29. The Balaban J connectivity index is 1.72. The third-order valence-electron chi connectivity index (χ3n) is 4.72. The van der Waals surface area contributed by atoms with Gasteiger partial charge < -0.3 is 20.1 Å². The molecule has 1 amide bonds. The Morgan fingerprint density at radius 1 is 1.34 bits per heavy atom. The summed E-state index contributed by atoms with van der Waals surface area (Å²) < 4.78 is 25.0. The van der Waals surface area contributed by atoms with Gasteiger partial charge in [-0.05, 0) is 24.3 Å². The number of ether oxygens (including phenoxy) is 2. The molecule has 0 radical (unpaired) electrons. The summed E-state index contributed by atoms with van der Waals surface area (Å²) in [7, 11) is 0. The second-order valence-electron chi connectivity index (χ2n) is 6.99. The van der Waals surface area contributed by atoms with Gasteiger partial charge in [-0.25, -0.2) is 14.4 Å². The minimum Gasteiger partial charge on any atom is -0.486 e. The average molecular weight is 522 g/mol. The van der Waals surface area contributed by atoms with Crippen LogP contribution in [0.1, 0.15) is 6.42 Å². The van der Waals surface area contributed by atoms with Crippen molar-refractivity contribution >= 4 is 61.5 Å². The van der Waals surface area contributed by atoms with Crippen molar-refractivity contribution in [2.45, 2.75) is 12.5 Å². The van der Waals surface area contributed by atoms with Gasteiger partial charge in [-0.1, -0.05) is 33.6 Å². The number of carbonyl (C=O) groups is 1. The van der Waals surface area contributed by atoms with Crippen LogP contribution in [0.15, 0.2) is 48.8 Å². The van der Waals surface area contributed by atoms with E-state index in [9.17, 15) is 9.18 Å². The Bertz CT molecular complexity index is 1170. The second kappa shape index (κ2) is 10.2. The molecule has 1 aromatic heterocycles. The molecule has 0 bridgehead atoms. The highest BCUT2D eigenvalue weighted by Crippen LogP contribution is 2.35. The third kappa shape index (κ3) is 5.35. The highest BCUT2D eigenvalue weighted by molar-refractivity contribution is 9.09. The first-order chi connectivity index (χ1) is 15.5. The molecule has 2 N–H and O–H groups in total. The molecule has 2 aromatic carbocycles. The van der Waals surface area contributed by atoms with E-state index in [0.717, 1.165) is 6.42 Å². The Labute approximate surface area is 197 Å². The zero-order valence-corrected chi connectivity index (χ0v) is 19.1. The maximum atomic E-state index is 13.5. The maximum Gasteiger partial charge on any atom is 0.248 e. The van der Waals surface area contributed by atoms with Gasteiger partial charge >= 0.3 is 0 Å². The molecule has 1 aliphatic rings. The van der Waals surface area contributed by atoms with Gasteiger partial charge in [0.25, 0.3) is 0 Å². The van der Waals surface area contributed by atoms with Crippen LogP contribution in [0.25, 0.3) is 10.9 Å². The van der Waals surface area contributed by atoms with Gasteiger partial charge in [-0.2, -0.15) is 0 Å². The zero-order chi connectivity index (χ0) is 22.5. The van der Waals surface area contributed by atoms with Gasteiger partial charge in [-0.3, -0.25) is 4.79 Å². The monoisotopic (exact) mass is 520 g/mol. The van der Waals surface area contributed by atoms with Gasteiger partial charge in [-0.15, -0.1) is 0 Å². The van der Waals surface area contributed by atoms with Crippen molar-refractivity contribution in [3.63, 3.8) is 0 Å². The smallest absolute Gasteiger partial charge is 0.248 e. The minimum atomic E-state index is -0.510. The van der Waals surface area contributed by atoms with E-state index in [1.807, 2.05) is 0 Å². The lowest BCUT2D eigenvalue weighted by Crippen LogP contribution is -2.18. The SMILES string of the molecule is O=C(/C=C/CBr)Nc1cc2c(Nc3ccc(F)c(Cl)c3)ncnc2cc1OC1CCOC1. The lowest BCUT2D eigenvalue weighted by Gasteiger charge is -2.17. The molecule has 2 heterocycles. The van der Waals surface area contributed by atoms with Gasteiger partial charge in [0, 0.05) is 35.0 Å². The molecular formula is C22H19BrClFN4O3. The molecule has 4 rings (SSSR count). The molecule has 1 aliphatic heterocycles. The van der Waals surface area contributed by atoms with Crippen LogP contribution in [0.4, 0.5) is 21.6 Å². The number of amides is 1. The zero-order valence-electron chi connectivity index (χ0n) is 16.8. The summed E-state index contributed by atoms with van der Waals surface area (Å²) in [5.41, 5.74) is 1.65. The number of rotatable bonds is 7. The largest absolute Gasteiger partial charge is 0.486 e. The van der Waals surface area contributed by atoms with Crippen molar-refractivity contribution in [1.82, 2.24) is 9.97 Å². The van der Waals surface area contributed by atoms with Crippen molar-refractivity contribution in [1.29, 1.82) is 0 Å². The van der Waals surface area contributed by atoms with Crippen molar-refractivity contribution in [2.24, 2.45) is 0 Å². The molecule has 10 heteroatoms. The normalized spacial score (nSPS) is 15.9. The molecule has 166 valence electrons. The van der Waals surface area contributed by atoms with E-state index in [4.69, 9.17) is 21.1 Å². The topological polar surface area (TPSA) is 85.4 Å². The number of fused-ring (bicyclic) bond motifs is 1. The molecule has 7 nitrogen and oxygen atoms in total. The summed E-state index contributed by atoms with van der Waals surface area (Å²) in [6.07, 6.45) is 5.19. The van der Waals surface area contributed by atoms with E-state index in [1.54, 1.807) is 24.3 Å². The highest BCUT2D eigenvalue weighted by Gasteiger charge is 2.20. The number of nitrogens with zero attached hydrogens (tertiary/aromatic N) is 2. The van der Waals surface area contributed by atoms with Gasteiger partial charge in [0.2, 0.25) is 5.91 Å². The summed E-state index contributed by atoms with van der Waals surface area (Å²) in [5, 5.41) is 7.17. The number of aromatic nitrogens is 2. The first-order valence-electron chi connectivity index (χ1n) is 9.82. The molecule has 1 saturated heterocycles. The fourth-order valence-corrected chi connectivity index (χ4v) is 3.57. The molecule has 0 aliphatic carbocycles. The third-order valence-corrected chi connectivity index (χ3v) is 5.38. The number of carbonyl (C=O) groups excluding carboxylic acids is 1. The Kier molecular flexibility index (Phi) is 7.19. The Hall–Kier alpha value is -2.75. The molecule has 1 unspecified atom stereocenters. The van der Waals surface area contributed by atoms with Crippen molar-refractivity contribution in [3.8, 4) is 5.75 Å². The number of benzene rings is 2. The van der Waals surface area contributed by atoms with Crippen molar-refractivity contribution in [2.75, 3.05) is 29.2 Å². The van der Waals surface area contributed by atoms with Crippen molar-refractivity contribution < 1.29 is 18.7 Å². The van der Waals surface area contributed by atoms with E-state index in [1.165, 1.54) is 24.5 Å². The summed E-state index contributed by atoms with van der Waals surface area (Å²) in [4.78, 5) is 21.0. The van der Waals surface area contributed by atoms with E-state index in [-0.39, 0.29) is 17.0 Å². The number of hydrogen-bond donors (Lipinski definition) is 2. The Morgan fingerprint density at radius 3 is 2.97 bits per heavy atom. The lowest BCUT2D eigenvalue weighted by molar-refractivity contribution is -0.111. The van der Waals surface area contributed by atoms with Crippen LogP contribution in [0.2, 0.25) is 5.02 Å². The molecule has 1 fully saturated rings. The first kappa shape index (κ1) is 22.4. The Morgan fingerprint density at radius 2 is 2.22 bits per heavy atom. The number of alkyl halides is 1. The molecule has 0 spiro atoms. The number of hydrogen-bond acceptors (Lipinski definition) is 6. The summed E-state index contributed by atoms with van der Waals surface area (Å²) in [6.45, 7) is 1.11. The minimum absolute atomic E-state index is 0.00522. The number of halogens is 3. The van der Waals surface area contributed by atoms with E-state index >= 15 is 0 Å². The van der Waals surface area contributed by atoms with Crippen molar-refractivity contribution in [3.05, 3.63) is 59.7 Å². The van der Waals surface area contributed by atoms with Crippen LogP contribution in [0, 0.1) is 5.82 Å². The number of allylic oxidation sites excluding steroid dienone is 1. The first-order valence-corrected chi connectivity index (χ1v) is 11.3. The predicted molar refractivity (Wildman–Crippen MR) is 126 cm³/mol. The number of nitrogens with one attached hydrogen (secondary N) is 2. The quantitative estimate of drug-likeness (QED) is 0.327. The maximum absolute atomic E-state index is 13.5. The summed E-state index contributed by atoms with van der Waals surface area (Å²) in [6, 6.07) is 7.79. The summed E-state index contributed by atoms with van der Waals surface area (Å²) in [5.74, 6) is 0.153. The highest BCUT2D eigenvalue weighted by atomic mass is 79.9. The van der Waals surface area contributed by atoms with E-state index in [0.29, 0.717) is 52.4 Å². The van der Waals surface area contributed by atoms with E-state index < -0.39 is 5.82 Å². The van der Waals surface area contributed by atoms with Crippen LogP contribution in [0.3, 0.4) is 0 Å². The fraction of sp³-hybridized carbons (Fsp3) is 0.227. The van der Waals surface area contributed by atoms with E-state index in [2.05, 4.69) is 36.5 Å². The molecule has 32 heavy (non-hydrogen) atoms. The lowest BCUT2D eigenvalue weighted by atomic mass is 10.1. The van der Waals surface area contributed by atoms with Crippen LogP contribution in [-0.4, -0.2) is 40.5 Å². The van der Waals surface area contributed by atoms with Crippen LogP contribution < -0.4 is 15.4 Å². The molecule has 3 aromatic rings. The standard InChI is InChI=1S/C22H19BrClFN4O3/c23-6-1-2-21(30)29-19-9-15-18(10-20(19)32-14-5-7-31-11-14)26-12-27-22(15)28-13-3-4-17(25)16(24)8-13/h1-4,8-10,12,14H,5-7,11H2,(H,29,30)(H,26,27,28)/b2-1+. The van der Waals surface area contributed by atoms with Crippen LogP contribution >= 0.6 is 27.5 Å². The molecular weight excluding hydrogens is 503 g/mol. The van der Waals surface area contributed by atoms with Crippen LogP contribution in [0.5, 0.6) is 5.75 Å². The predicted octanol–water partition coefficient (Wildman–Crippen LogP) is 5.22. The molecule has 0 saturated carbocycles. The fourth-order valence-electron chi connectivity index (χ4n) is 3.20. The molecule has 1 atom stereocenters. The van der Waals surface area contributed by atoms with Gasteiger partial charge in [0.05, 0.1) is 29.4 Å². The van der Waals surface area contributed by atoms with Gasteiger partial charge in [0.15, 0.2) is 0 Å². The summed E-state index contributed by atoms with van der Waals surface area (Å²) >= 11 is 9.15. The second-order valence-corrected chi connectivity index (χ2v) is 8.05. The van der Waals surface area contributed by atoms with Crippen LogP contribution in [-0.2, 0) is 9.53 Å². The number of anilines is 3. The van der Waals surface area contributed by atoms with Gasteiger partial charge in [0.1, 0.15) is 29.8 Å².